The molecule has 0 heterocycles. The zero-order valence-electron chi connectivity index (χ0n) is 16.6. The van der Waals surface area contributed by atoms with E-state index in [0.717, 1.165) is 5.56 Å². The van der Waals surface area contributed by atoms with Crippen LogP contribution in [0.3, 0.4) is 0 Å². The maximum atomic E-state index is 3.18. The highest BCUT2D eigenvalue weighted by atomic mass is 14.0. The second kappa shape index (κ2) is 9.33. The van der Waals surface area contributed by atoms with Gasteiger partial charge in [0.05, 0.1) is 0 Å². The van der Waals surface area contributed by atoms with Crippen LogP contribution in [0.4, 0.5) is 0 Å². The summed E-state index contributed by atoms with van der Waals surface area (Å²) >= 11 is 0. The van der Waals surface area contributed by atoms with E-state index in [0.29, 0.717) is 11.8 Å². The Morgan fingerprint density at radius 1 is 0.625 bits per heavy atom. The molecule has 0 aliphatic heterocycles. The summed E-state index contributed by atoms with van der Waals surface area (Å²) in [6.45, 7) is 17.2. The third-order valence-electron chi connectivity index (χ3n) is 3.64. The van der Waals surface area contributed by atoms with Crippen molar-refractivity contribution >= 4 is 0 Å². The van der Waals surface area contributed by atoms with Gasteiger partial charge in [0, 0.05) is 11.5 Å². The molecule has 0 atom stereocenters. The van der Waals surface area contributed by atoms with Gasteiger partial charge >= 0.3 is 0 Å². The normalized spacial score (nSPS) is 10.1. The second-order valence-electron chi connectivity index (χ2n) is 7.38. The molecule has 0 unspecified atom stereocenters. The van der Waals surface area contributed by atoms with E-state index in [4.69, 9.17) is 0 Å². The molecular weight excluding hydrogens is 288 g/mol. The average molecular weight is 321 g/mol. The first kappa shape index (κ1) is 20.0. The fourth-order valence-electron chi connectivity index (χ4n) is 2.62. The van der Waals surface area contributed by atoms with Crippen molar-refractivity contribution in [3.05, 3.63) is 69.8 Å². The van der Waals surface area contributed by atoms with Gasteiger partial charge in [0.1, 0.15) is 0 Å². The smallest absolute Gasteiger partial charge is 0.0250 e. The standard InChI is InChI=1S/C13H16.C11H16/c1-10(2)5-6-13-8-11(3)7-12(4)9-13;1-8(2)11-6-9(3)5-10(4)7-11/h7-10H,1-4H3;5-8H,1-4H3. The second-order valence-corrected chi connectivity index (χ2v) is 7.38. The quantitative estimate of drug-likeness (QED) is 0.510. The third kappa shape index (κ3) is 7.51. The fraction of sp³-hybridized carbons (Fsp3) is 0.417. The van der Waals surface area contributed by atoms with Gasteiger partial charge < -0.3 is 0 Å². The van der Waals surface area contributed by atoms with E-state index in [9.17, 15) is 0 Å². The molecule has 0 heteroatoms. The van der Waals surface area contributed by atoms with Gasteiger partial charge in [0.25, 0.3) is 0 Å². The zero-order chi connectivity index (χ0) is 18.3. The Hall–Kier alpha value is -2.00. The molecule has 2 aromatic rings. The molecule has 128 valence electrons. The SMILES string of the molecule is Cc1cc(C)cc(C#CC(C)C)c1.Cc1cc(C)cc(C(C)C)c1. The van der Waals surface area contributed by atoms with Gasteiger partial charge in [-0.15, -0.1) is 0 Å². The summed E-state index contributed by atoms with van der Waals surface area (Å²) in [5, 5.41) is 0. The lowest BCUT2D eigenvalue weighted by atomic mass is 9.99. The van der Waals surface area contributed by atoms with Crippen molar-refractivity contribution < 1.29 is 0 Å². The van der Waals surface area contributed by atoms with E-state index in [-0.39, 0.29) is 0 Å². The summed E-state index contributed by atoms with van der Waals surface area (Å²) in [6, 6.07) is 13.2. The summed E-state index contributed by atoms with van der Waals surface area (Å²) in [4.78, 5) is 0. The molecule has 0 bridgehead atoms. The van der Waals surface area contributed by atoms with Gasteiger partial charge in [-0.1, -0.05) is 74.9 Å². The van der Waals surface area contributed by atoms with Crippen molar-refractivity contribution in [1.82, 2.24) is 0 Å². The number of hydrogen-bond donors (Lipinski definition) is 0. The Labute approximate surface area is 149 Å². The van der Waals surface area contributed by atoms with Gasteiger partial charge in [-0.2, -0.15) is 0 Å². The topological polar surface area (TPSA) is 0 Å². The molecule has 0 aliphatic rings. The molecule has 0 amide bonds. The van der Waals surface area contributed by atoms with Crippen LogP contribution in [0, 0.1) is 45.5 Å². The molecule has 0 fully saturated rings. The van der Waals surface area contributed by atoms with Gasteiger partial charge in [0.15, 0.2) is 0 Å². The highest BCUT2D eigenvalue weighted by molar-refractivity contribution is 5.40. The lowest BCUT2D eigenvalue weighted by Gasteiger charge is -2.07. The molecule has 2 rings (SSSR count). The van der Waals surface area contributed by atoms with Crippen LogP contribution in [0.5, 0.6) is 0 Å². The predicted molar refractivity (Wildman–Crippen MR) is 108 cm³/mol. The van der Waals surface area contributed by atoms with Crippen molar-refractivity contribution in [3.63, 3.8) is 0 Å². The van der Waals surface area contributed by atoms with Crippen LogP contribution in [0.15, 0.2) is 36.4 Å². The van der Waals surface area contributed by atoms with Crippen molar-refractivity contribution in [3.8, 4) is 11.8 Å². The molecule has 0 aromatic heterocycles. The number of aryl methyl sites for hydroxylation is 4. The maximum absolute atomic E-state index is 3.18. The van der Waals surface area contributed by atoms with Crippen molar-refractivity contribution in [1.29, 1.82) is 0 Å². The highest BCUT2D eigenvalue weighted by Crippen LogP contribution is 2.17. The molecule has 2 aromatic carbocycles. The Balaban J connectivity index is 0.000000243. The molecule has 24 heavy (non-hydrogen) atoms. The monoisotopic (exact) mass is 320 g/mol. The fourth-order valence-corrected chi connectivity index (χ4v) is 2.62. The third-order valence-corrected chi connectivity index (χ3v) is 3.64. The van der Waals surface area contributed by atoms with E-state index in [1.165, 1.54) is 27.8 Å². The van der Waals surface area contributed by atoms with Crippen LogP contribution in [-0.2, 0) is 0 Å². The molecular formula is C24H32. The number of benzene rings is 2. The lowest BCUT2D eigenvalue weighted by Crippen LogP contribution is -1.89. The van der Waals surface area contributed by atoms with Gasteiger partial charge in [0.2, 0.25) is 0 Å². The minimum Gasteiger partial charge on any atom is -0.0951 e. The van der Waals surface area contributed by atoms with Gasteiger partial charge in [-0.3, -0.25) is 0 Å². The lowest BCUT2D eigenvalue weighted by molar-refractivity contribution is 0.863. The van der Waals surface area contributed by atoms with Crippen molar-refractivity contribution in [2.75, 3.05) is 0 Å². The first-order valence-corrected chi connectivity index (χ1v) is 8.85. The summed E-state index contributed by atoms with van der Waals surface area (Å²) in [6.07, 6.45) is 0. The van der Waals surface area contributed by atoms with Crippen molar-refractivity contribution in [2.24, 2.45) is 5.92 Å². The summed E-state index contributed by atoms with van der Waals surface area (Å²) in [5.41, 5.74) is 7.89. The summed E-state index contributed by atoms with van der Waals surface area (Å²) in [7, 11) is 0. The van der Waals surface area contributed by atoms with E-state index < -0.39 is 0 Å². The van der Waals surface area contributed by atoms with Crippen LogP contribution in [0.2, 0.25) is 0 Å². The van der Waals surface area contributed by atoms with E-state index in [1.54, 1.807) is 0 Å². The molecule has 0 radical (unpaired) electrons. The van der Waals surface area contributed by atoms with Gasteiger partial charge in [-0.25, -0.2) is 0 Å². The molecule has 0 aliphatic carbocycles. The Kier molecular flexibility index (Phi) is 7.80. The summed E-state index contributed by atoms with van der Waals surface area (Å²) in [5.74, 6) is 7.43. The van der Waals surface area contributed by atoms with E-state index in [2.05, 4.69) is 104 Å². The molecule has 0 saturated heterocycles. The van der Waals surface area contributed by atoms with Crippen LogP contribution in [0.1, 0.15) is 67.0 Å². The van der Waals surface area contributed by atoms with E-state index in [1.807, 2.05) is 0 Å². The van der Waals surface area contributed by atoms with Crippen LogP contribution in [-0.4, -0.2) is 0 Å². The van der Waals surface area contributed by atoms with E-state index >= 15 is 0 Å². The zero-order valence-corrected chi connectivity index (χ0v) is 16.6. The number of hydrogen-bond acceptors (Lipinski definition) is 0. The molecule has 0 spiro atoms. The maximum Gasteiger partial charge on any atom is 0.0250 e. The first-order valence-electron chi connectivity index (χ1n) is 8.85. The van der Waals surface area contributed by atoms with Crippen LogP contribution in [0.25, 0.3) is 0 Å². The highest BCUT2D eigenvalue weighted by Gasteiger charge is 1.99. The minimum absolute atomic E-state index is 0.445. The van der Waals surface area contributed by atoms with Crippen LogP contribution < -0.4 is 0 Å². The summed E-state index contributed by atoms with van der Waals surface area (Å²) < 4.78 is 0. The Morgan fingerprint density at radius 2 is 1.04 bits per heavy atom. The largest absolute Gasteiger partial charge is 0.0951 e. The Bertz CT molecular complexity index is 681. The predicted octanol–water partition coefficient (Wildman–Crippen LogP) is 6.74. The Morgan fingerprint density at radius 3 is 1.42 bits per heavy atom. The van der Waals surface area contributed by atoms with Gasteiger partial charge in [-0.05, 0) is 62.4 Å². The molecule has 0 saturated carbocycles. The average Bonchev–Trinajstić information content (AvgIpc) is 2.43. The number of rotatable bonds is 1. The van der Waals surface area contributed by atoms with Crippen LogP contribution >= 0.6 is 0 Å². The molecule has 0 N–H and O–H groups in total. The molecule has 0 nitrogen and oxygen atoms in total. The van der Waals surface area contributed by atoms with Crippen molar-refractivity contribution in [2.45, 2.75) is 61.3 Å². The first-order chi connectivity index (χ1) is 11.2. The minimum atomic E-state index is 0.445.